The third kappa shape index (κ3) is 1.97. The van der Waals surface area contributed by atoms with E-state index in [9.17, 15) is 0 Å². The normalized spacial score (nSPS) is 36.8. The van der Waals surface area contributed by atoms with E-state index in [1.165, 1.54) is 0 Å². The van der Waals surface area contributed by atoms with Crippen molar-refractivity contribution in [3.63, 3.8) is 0 Å². The summed E-state index contributed by atoms with van der Waals surface area (Å²) in [7, 11) is 5.11. The van der Waals surface area contributed by atoms with Gasteiger partial charge in [0, 0.05) is 21.3 Å². The third-order valence-electron chi connectivity index (χ3n) is 2.39. The predicted octanol–water partition coefficient (Wildman–Crippen LogP) is 1.03. The van der Waals surface area contributed by atoms with E-state index in [-0.39, 0.29) is 18.3 Å². The maximum atomic E-state index is 5.32. The second kappa shape index (κ2) is 4.80. The molecule has 0 aromatic heterocycles. The van der Waals surface area contributed by atoms with Gasteiger partial charge in [0.25, 0.3) is 0 Å². The van der Waals surface area contributed by atoms with E-state index in [1.54, 1.807) is 21.3 Å². The standard InChI is InChI=1S/C9H17O3/c1-10-7-5-4-6-8(11-2)9(7)12-3/h5,7-9H,4,6H2,1-3H3. The molecule has 0 heterocycles. The Morgan fingerprint density at radius 3 is 2.33 bits per heavy atom. The van der Waals surface area contributed by atoms with Gasteiger partial charge in [-0.15, -0.1) is 0 Å². The minimum absolute atomic E-state index is 0.0498. The molecule has 12 heavy (non-hydrogen) atoms. The first-order valence-corrected chi connectivity index (χ1v) is 4.25. The van der Waals surface area contributed by atoms with Gasteiger partial charge in [0.1, 0.15) is 6.10 Å². The van der Waals surface area contributed by atoms with Crippen LogP contribution in [0, 0.1) is 6.42 Å². The highest BCUT2D eigenvalue weighted by Crippen LogP contribution is 2.24. The van der Waals surface area contributed by atoms with Crippen LogP contribution in [0.15, 0.2) is 0 Å². The average molecular weight is 173 g/mol. The Labute approximate surface area is 74.0 Å². The summed E-state index contributed by atoms with van der Waals surface area (Å²) in [5.41, 5.74) is 0. The van der Waals surface area contributed by atoms with Crippen molar-refractivity contribution in [1.29, 1.82) is 0 Å². The lowest BCUT2D eigenvalue weighted by atomic mass is 9.92. The fourth-order valence-corrected chi connectivity index (χ4v) is 1.70. The van der Waals surface area contributed by atoms with Gasteiger partial charge in [0.2, 0.25) is 0 Å². The molecule has 71 valence electrons. The number of ether oxygens (including phenoxy) is 3. The molecule has 0 aromatic carbocycles. The minimum atomic E-state index is 0.0498. The molecule has 1 radical (unpaired) electrons. The smallest absolute Gasteiger partial charge is 0.110 e. The topological polar surface area (TPSA) is 27.7 Å². The first-order valence-electron chi connectivity index (χ1n) is 4.25. The van der Waals surface area contributed by atoms with E-state index in [0.717, 1.165) is 12.8 Å². The number of rotatable bonds is 3. The largest absolute Gasteiger partial charge is 0.379 e. The van der Waals surface area contributed by atoms with Gasteiger partial charge in [0.05, 0.1) is 12.2 Å². The van der Waals surface area contributed by atoms with Gasteiger partial charge in [-0.05, 0) is 19.3 Å². The van der Waals surface area contributed by atoms with Gasteiger partial charge in [-0.1, -0.05) is 0 Å². The van der Waals surface area contributed by atoms with Crippen LogP contribution in [0.1, 0.15) is 12.8 Å². The Kier molecular flexibility index (Phi) is 3.98. The molecule has 0 saturated heterocycles. The second-order valence-electron chi connectivity index (χ2n) is 2.99. The molecule has 3 unspecified atom stereocenters. The Bertz CT molecular complexity index is 115. The van der Waals surface area contributed by atoms with E-state index in [1.807, 2.05) is 0 Å². The fraction of sp³-hybridized carbons (Fsp3) is 0.889. The summed E-state index contributed by atoms with van der Waals surface area (Å²) >= 11 is 0. The van der Waals surface area contributed by atoms with Gasteiger partial charge in [-0.25, -0.2) is 0 Å². The molecule has 0 N–H and O–H groups in total. The van der Waals surface area contributed by atoms with Gasteiger partial charge >= 0.3 is 0 Å². The van der Waals surface area contributed by atoms with Crippen LogP contribution in [-0.2, 0) is 14.2 Å². The summed E-state index contributed by atoms with van der Waals surface area (Å²) < 4.78 is 15.9. The summed E-state index contributed by atoms with van der Waals surface area (Å²) in [6.45, 7) is 0. The van der Waals surface area contributed by atoms with Crippen molar-refractivity contribution >= 4 is 0 Å². The van der Waals surface area contributed by atoms with Crippen molar-refractivity contribution in [3.8, 4) is 0 Å². The lowest BCUT2D eigenvalue weighted by molar-refractivity contribution is -0.111. The number of hydrogen-bond acceptors (Lipinski definition) is 3. The fourth-order valence-electron chi connectivity index (χ4n) is 1.70. The highest BCUT2D eigenvalue weighted by Gasteiger charge is 2.33. The Hall–Kier alpha value is -0.120. The summed E-state index contributed by atoms with van der Waals surface area (Å²) in [6, 6.07) is 0. The lowest BCUT2D eigenvalue weighted by Gasteiger charge is -2.35. The molecule has 1 aliphatic carbocycles. The third-order valence-corrected chi connectivity index (χ3v) is 2.39. The van der Waals surface area contributed by atoms with E-state index >= 15 is 0 Å². The van der Waals surface area contributed by atoms with Gasteiger partial charge < -0.3 is 14.2 Å². The molecule has 1 saturated carbocycles. The molecule has 0 spiro atoms. The van der Waals surface area contributed by atoms with E-state index in [4.69, 9.17) is 14.2 Å². The molecule has 3 nitrogen and oxygen atoms in total. The maximum absolute atomic E-state index is 5.32. The highest BCUT2D eigenvalue weighted by atomic mass is 16.6. The minimum Gasteiger partial charge on any atom is -0.379 e. The molecule has 0 aliphatic heterocycles. The average Bonchev–Trinajstić information content (AvgIpc) is 2.16. The van der Waals surface area contributed by atoms with Crippen molar-refractivity contribution in [2.75, 3.05) is 21.3 Å². The molecule has 3 heteroatoms. The van der Waals surface area contributed by atoms with Crippen molar-refractivity contribution in [2.24, 2.45) is 0 Å². The van der Waals surface area contributed by atoms with Crippen LogP contribution in [0.5, 0.6) is 0 Å². The van der Waals surface area contributed by atoms with Crippen LogP contribution >= 0.6 is 0 Å². The van der Waals surface area contributed by atoms with Crippen LogP contribution in [0.25, 0.3) is 0 Å². The second-order valence-corrected chi connectivity index (χ2v) is 2.99. The van der Waals surface area contributed by atoms with Crippen molar-refractivity contribution in [2.45, 2.75) is 31.2 Å². The van der Waals surface area contributed by atoms with Crippen LogP contribution in [-0.4, -0.2) is 39.6 Å². The molecule has 1 rings (SSSR count). The maximum Gasteiger partial charge on any atom is 0.110 e. The van der Waals surface area contributed by atoms with E-state index < -0.39 is 0 Å². The Morgan fingerprint density at radius 2 is 1.83 bits per heavy atom. The summed E-state index contributed by atoms with van der Waals surface area (Å²) in [5, 5.41) is 0. The zero-order valence-electron chi connectivity index (χ0n) is 7.95. The van der Waals surface area contributed by atoms with Crippen molar-refractivity contribution in [1.82, 2.24) is 0 Å². The number of methoxy groups -OCH3 is 3. The van der Waals surface area contributed by atoms with Crippen molar-refractivity contribution in [3.05, 3.63) is 6.42 Å². The van der Waals surface area contributed by atoms with Crippen LogP contribution in [0.3, 0.4) is 0 Å². The number of hydrogen-bond donors (Lipinski definition) is 0. The zero-order valence-corrected chi connectivity index (χ0v) is 7.95. The molecular weight excluding hydrogens is 156 g/mol. The summed E-state index contributed by atoms with van der Waals surface area (Å²) in [4.78, 5) is 0. The first-order chi connectivity index (χ1) is 5.83. The summed E-state index contributed by atoms with van der Waals surface area (Å²) in [6.07, 6.45) is 4.50. The van der Waals surface area contributed by atoms with Gasteiger partial charge in [-0.2, -0.15) is 0 Å². The van der Waals surface area contributed by atoms with Gasteiger partial charge in [-0.3, -0.25) is 0 Å². The first kappa shape index (κ1) is 9.96. The molecule has 1 fully saturated rings. The Balaban J connectivity index is 2.52. The van der Waals surface area contributed by atoms with Crippen molar-refractivity contribution < 1.29 is 14.2 Å². The summed E-state index contributed by atoms with van der Waals surface area (Å²) in [5.74, 6) is 0. The monoisotopic (exact) mass is 173 g/mol. The zero-order chi connectivity index (χ0) is 8.97. The molecule has 3 atom stereocenters. The molecule has 0 aromatic rings. The molecule has 0 amide bonds. The molecular formula is C9H17O3. The molecule has 0 bridgehead atoms. The van der Waals surface area contributed by atoms with E-state index in [2.05, 4.69) is 6.42 Å². The van der Waals surface area contributed by atoms with E-state index in [0.29, 0.717) is 0 Å². The van der Waals surface area contributed by atoms with Crippen LogP contribution < -0.4 is 0 Å². The lowest BCUT2D eigenvalue weighted by Crippen LogP contribution is -2.44. The van der Waals surface area contributed by atoms with Crippen LogP contribution in [0.2, 0.25) is 0 Å². The SMILES string of the molecule is COC1[CH]CCC(OC)C1OC. The molecule has 1 aliphatic rings. The predicted molar refractivity (Wildman–Crippen MR) is 45.9 cm³/mol. The van der Waals surface area contributed by atoms with Crippen LogP contribution in [0.4, 0.5) is 0 Å². The quantitative estimate of drug-likeness (QED) is 0.638. The highest BCUT2D eigenvalue weighted by molar-refractivity contribution is 4.94. The van der Waals surface area contributed by atoms with Gasteiger partial charge in [0.15, 0.2) is 0 Å². The Morgan fingerprint density at radius 1 is 1.08 bits per heavy atom.